The summed E-state index contributed by atoms with van der Waals surface area (Å²) >= 11 is 5.14. The van der Waals surface area contributed by atoms with E-state index in [1.807, 2.05) is 6.07 Å². The van der Waals surface area contributed by atoms with Crippen LogP contribution in [0, 0.1) is 0 Å². The second-order valence-electron chi connectivity index (χ2n) is 3.84. The van der Waals surface area contributed by atoms with E-state index in [0.29, 0.717) is 12.6 Å². The van der Waals surface area contributed by atoms with Crippen molar-refractivity contribution in [3.05, 3.63) is 20.8 Å². The summed E-state index contributed by atoms with van der Waals surface area (Å²) < 4.78 is 25.2. The molecule has 0 unspecified atom stereocenters. The van der Waals surface area contributed by atoms with Crippen molar-refractivity contribution in [2.75, 3.05) is 19.3 Å². The first kappa shape index (κ1) is 15.1. The molecule has 1 heterocycles. The normalized spacial score (nSPS) is 13.8. The van der Waals surface area contributed by atoms with Crippen LogP contribution in [0.25, 0.3) is 0 Å². The van der Waals surface area contributed by atoms with Crippen LogP contribution in [-0.4, -0.2) is 27.8 Å². The molecule has 0 aliphatic rings. The molecule has 4 nitrogen and oxygen atoms in total. The van der Waals surface area contributed by atoms with Gasteiger partial charge in [-0.2, -0.15) is 0 Å². The van der Waals surface area contributed by atoms with E-state index in [0.717, 1.165) is 16.8 Å². The van der Waals surface area contributed by atoms with Gasteiger partial charge in [-0.25, -0.2) is 13.1 Å². The van der Waals surface area contributed by atoms with Crippen molar-refractivity contribution >= 4 is 37.3 Å². The Hall–Kier alpha value is 0.0500. The first-order valence-corrected chi connectivity index (χ1v) is 8.82. The Labute approximate surface area is 115 Å². The van der Waals surface area contributed by atoms with Gasteiger partial charge in [0.2, 0.25) is 10.0 Å². The first-order valence-electron chi connectivity index (χ1n) is 5.32. The van der Waals surface area contributed by atoms with Crippen LogP contribution in [0.4, 0.5) is 0 Å². The molecule has 0 saturated heterocycles. The maximum Gasteiger partial charge on any atom is 0.208 e. The van der Waals surface area contributed by atoms with E-state index in [2.05, 4.69) is 39.0 Å². The van der Waals surface area contributed by atoms with E-state index >= 15 is 0 Å². The van der Waals surface area contributed by atoms with Gasteiger partial charge in [0.15, 0.2) is 0 Å². The van der Waals surface area contributed by atoms with Crippen molar-refractivity contribution in [2.24, 2.45) is 0 Å². The molecular formula is C10H17BrN2O2S2. The van der Waals surface area contributed by atoms with Gasteiger partial charge in [-0.3, -0.25) is 0 Å². The lowest BCUT2D eigenvalue weighted by Gasteiger charge is -2.11. The Balaban J connectivity index is 2.19. The maximum atomic E-state index is 10.8. The van der Waals surface area contributed by atoms with Crippen LogP contribution in [0.5, 0.6) is 0 Å². The van der Waals surface area contributed by atoms with E-state index in [9.17, 15) is 8.42 Å². The topological polar surface area (TPSA) is 58.2 Å². The molecule has 2 N–H and O–H groups in total. The third-order valence-corrected chi connectivity index (χ3v) is 4.72. The Morgan fingerprint density at radius 1 is 1.41 bits per heavy atom. The summed E-state index contributed by atoms with van der Waals surface area (Å²) in [5.41, 5.74) is 0. The molecule has 0 aliphatic heterocycles. The second kappa shape index (κ2) is 6.84. The van der Waals surface area contributed by atoms with Gasteiger partial charge in [-0.1, -0.05) is 0 Å². The molecule has 0 saturated carbocycles. The molecule has 0 bridgehead atoms. The largest absolute Gasteiger partial charge is 0.309 e. The molecule has 0 aliphatic carbocycles. The van der Waals surface area contributed by atoms with E-state index in [1.165, 1.54) is 11.1 Å². The van der Waals surface area contributed by atoms with Gasteiger partial charge in [0.05, 0.1) is 10.0 Å². The van der Waals surface area contributed by atoms with Crippen LogP contribution in [0.1, 0.15) is 24.3 Å². The number of hydrogen-bond donors (Lipinski definition) is 2. The number of sulfonamides is 1. The molecule has 1 aromatic rings. The first-order chi connectivity index (χ1) is 7.88. The zero-order chi connectivity index (χ0) is 12.9. The molecule has 1 aromatic heterocycles. The average Bonchev–Trinajstić information content (AvgIpc) is 2.62. The smallest absolute Gasteiger partial charge is 0.208 e. The standard InChI is InChI=1S/C10H17BrN2O2S2/c1-8(9-4-5-10(11)16-9)12-6-3-7-13-17(2,14)15/h4-5,8,12-13H,3,6-7H2,1-2H3/t8-/m0/s1. The fourth-order valence-electron chi connectivity index (χ4n) is 1.33. The maximum absolute atomic E-state index is 10.8. The summed E-state index contributed by atoms with van der Waals surface area (Å²) in [6.07, 6.45) is 1.95. The minimum absolute atomic E-state index is 0.296. The van der Waals surface area contributed by atoms with Crippen LogP contribution >= 0.6 is 27.3 Å². The van der Waals surface area contributed by atoms with Crippen LogP contribution in [-0.2, 0) is 10.0 Å². The SMILES string of the molecule is C[C@H](NCCCNS(C)(=O)=O)c1ccc(Br)s1. The minimum atomic E-state index is -3.06. The summed E-state index contributed by atoms with van der Waals surface area (Å²) in [6.45, 7) is 3.37. The van der Waals surface area contributed by atoms with E-state index < -0.39 is 10.0 Å². The monoisotopic (exact) mass is 340 g/mol. The lowest BCUT2D eigenvalue weighted by atomic mass is 10.2. The molecule has 98 valence electrons. The molecule has 7 heteroatoms. The lowest BCUT2D eigenvalue weighted by molar-refractivity contribution is 0.553. The van der Waals surface area contributed by atoms with Crippen molar-refractivity contribution < 1.29 is 8.42 Å². The third kappa shape index (κ3) is 6.52. The quantitative estimate of drug-likeness (QED) is 0.747. The summed E-state index contributed by atoms with van der Waals surface area (Å²) in [5, 5.41) is 3.35. The summed E-state index contributed by atoms with van der Waals surface area (Å²) in [6, 6.07) is 4.41. The number of hydrogen-bond acceptors (Lipinski definition) is 4. The van der Waals surface area contributed by atoms with Crippen molar-refractivity contribution in [3.63, 3.8) is 0 Å². The van der Waals surface area contributed by atoms with Crippen LogP contribution < -0.4 is 10.0 Å². The Morgan fingerprint density at radius 3 is 2.65 bits per heavy atom. The zero-order valence-corrected chi connectivity index (χ0v) is 13.1. The highest BCUT2D eigenvalue weighted by Crippen LogP contribution is 2.26. The highest BCUT2D eigenvalue weighted by atomic mass is 79.9. The molecule has 1 atom stereocenters. The molecule has 1 rings (SSSR count). The second-order valence-corrected chi connectivity index (χ2v) is 8.17. The highest BCUT2D eigenvalue weighted by Gasteiger charge is 2.07. The third-order valence-electron chi connectivity index (χ3n) is 2.19. The lowest BCUT2D eigenvalue weighted by Crippen LogP contribution is -2.27. The number of thiophene rings is 1. The van der Waals surface area contributed by atoms with E-state index in [-0.39, 0.29) is 0 Å². The van der Waals surface area contributed by atoms with Gasteiger partial charge in [0.1, 0.15) is 0 Å². The van der Waals surface area contributed by atoms with Gasteiger partial charge in [-0.15, -0.1) is 11.3 Å². The Kier molecular flexibility index (Phi) is 6.08. The highest BCUT2D eigenvalue weighted by molar-refractivity contribution is 9.11. The van der Waals surface area contributed by atoms with E-state index in [4.69, 9.17) is 0 Å². The molecule has 17 heavy (non-hydrogen) atoms. The van der Waals surface area contributed by atoms with Gasteiger partial charge >= 0.3 is 0 Å². The summed E-state index contributed by atoms with van der Waals surface area (Å²) in [4.78, 5) is 1.27. The van der Waals surface area contributed by atoms with Crippen molar-refractivity contribution in [3.8, 4) is 0 Å². The molecule has 0 fully saturated rings. The van der Waals surface area contributed by atoms with Crippen molar-refractivity contribution in [1.82, 2.24) is 10.0 Å². The van der Waals surface area contributed by atoms with Crippen molar-refractivity contribution in [2.45, 2.75) is 19.4 Å². The number of rotatable bonds is 7. The zero-order valence-electron chi connectivity index (χ0n) is 9.86. The van der Waals surface area contributed by atoms with Crippen LogP contribution in [0.3, 0.4) is 0 Å². The molecule has 0 amide bonds. The van der Waals surface area contributed by atoms with Gasteiger partial charge in [-0.05, 0) is 48.0 Å². The summed E-state index contributed by atoms with van der Waals surface area (Å²) in [7, 11) is -3.06. The minimum Gasteiger partial charge on any atom is -0.309 e. The Bertz CT molecular complexity index is 445. The average molecular weight is 341 g/mol. The summed E-state index contributed by atoms with van der Waals surface area (Å²) in [5.74, 6) is 0. The Morgan fingerprint density at radius 2 is 2.12 bits per heavy atom. The molecule has 0 aromatic carbocycles. The van der Waals surface area contributed by atoms with Gasteiger partial charge in [0.25, 0.3) is 0 Å². The van der Waals surface area contributed by atoms with Gasteiger partial charge in [0, 0.05) is 17.5 Å². The van der Waals surface area contributed by atoms with E-state index in [1.54, 1.807) is 11.3 Å². The molecule has 0 radical (unpaired) electrons. The predicted molar refractivity (Wildman–Crippen MR) is 75.9 cm³/mol. The van der Waals surface area contributed by atoms with Crippen LogP contribution in [0.15, 0.2) is 15.9 Å². The van der Waals surface area contributed by atoms with Gasteiger partial charge < -0.3 is 5.32 Å². The molecule has 0 spiro atoms. The number of halogens is 1. The molecular weight excluding hydrogens is 324 g/mol. The predicted octanol–water partition coefficient (Wildman–Crippen LogP) is 2.10. The van der Waals surface area contributed by atoms with Crippen molar-refractivity contribution in [1.29, 1.82) is 0 Å². The van der Waals surface area contributed by atoms with Crippen LogP contribution in [0.2, 0.25) is 0 Å². The number of nitrogens with one attached hydrogen (secondary N) is 2. The fourth-order valence-corrected chi connectivity index (χ4v) is 3.29. The fraction of sp³-hybridized carbons (Fsp3) is 0.600.